The Kier molecular flexibility index (Phi) is 5.95. The summed E-state index contributed by atoms with van der Waals surface area (Å²) in [5.74, 6) is 0.534. The van der Waals surface area contributed by atoms with E-state index < -0.39 is 0 Å². The zero-order chi connectivity index (χ0) is 15.9. The third-order valence-corrected chi connectivity index (χ3v) is 3.85. The summed E-state index contributed by atoms with van der Waals surface area (Å²) >= 11 is 0. The lowest BCUT2D eigenvalue weighted by molar-refractivity contribution is -0.117. The molecule has 2 unspecified atom stereocenters. The van der Waals surface area contributed by atoms with E-state index in [1.54, 1.807) is 18.2 Å². The Balaban J connectivity index is 1.82. The molecule has 0 bridgehead atoms. The molecule has 5 heteroatoms. The van der Waals surface area contributed by atoms with Gasteiger partial charge in [0.05, 0.1) is 0 Å². The van der Waals surface area contributed by atoms with Gasteiger partial charge >= 0.3 is 0 Å². The third-order valence-electron chi connectivity index (χ3n) is 3.85. The van der Waals surface area contributed by atoms with Crippen molar-refractivity contribution in [3.8, 4) is 0 Å². The number of hydrogen-bond acceptors (Lipinski definition) is 3. The highest BCUT2D eigenvalue weighted by Crippen LogP contribution is 2.38. The van der Waals surface area contributed by atoms with Gasteiger partial charge in [-0.25, -0.2) is 0 Å². The Morgan fingerprint density at radius 1 is 1.23 bits per heavy atom. The molecule has 1 aromatic carbocycles. The summed E-state index contributed by atoms with van der Waals surface area (Å²) in [7, 11) is 0. The van der Waals surface area contributed by atoms with Crippen molar-refractivity contribution in [3.63, 3.8) is 0 Å². The first kappa shape index (κ1) is 16.5. The van der Waals surface area contributed by atoms with E-state index >= 15 is 0 Å². The summed E-state index contributed by atoms with van der Waals surface area (Å²) in [6.45, 7) is 6.48. The Bertz CT molecular complexity index is 530. The van der Waals surface area contributed by atoms with E-state index in [-0.39, 0.29) is 17.7 Å². The van der Waals surface area contributed by atoms with Crippen LogP contribution in [-0.4, -0.2) is 31.4 Å². The van der Waals surface area contributed by atoms with Crippen molar-refractivity contribution in [3.05, 3.63) is 29.8 Å². The number of amides is 2. The predicted molar refractivity (Wildman–Crippen MR) is 87.8 cm³/mol. The molecule has 1 saturated carbocycles. The minimum atomic E-state index is -0.116. The van der Waals surface area contributed by atoms with Crippen LogP contribution in [0, 0.1) is 11.8 Å². The maximum atomic E-state index is 12.1. The topological polar surface area (TPSA) is 70.2 Å². The maximum Gasteiger partial charge on any atom is 0.251 e. The minimum Gasteiger partial charge on any atom is -0.351 e. The molecule has 1 aliphatic rings. The molecule has 0 aliphatic heterocycles. The van der Waals surface area contributed by atoms with Crippen molar-refractivity contribution in [1.29, 1.82) is 0 Å². The molecule has 5 nitrogen and oxygen atoms in total. The summed E-state index contributed by atoms with van der Waals surface area (Å²) < 4.78 is 0. The Morgan fingerprint density at radius 3 is 2.68 bits per heavy atom. The van der Waals surface area contributed by atoms with Gasteiger partial charge in [-0.3, -0.25) is 9.59 Å². The van der Waals surface area contributed by atoms with Crippen LogP contribution in [-0.2, 0) is 4.79 Å². The van der Waals surface area contributed by atoms with E-state index in [2.05, 4.69) is 29.8 Å². The molecule has 0 saturated heterocycles. The largest absolute Gasteiger partial charge is 0.351 e. The van der Waals surface area contributed by atoms with Crippen molar-refractivity contribution < 1.29 is 9.59 Å². The van der Waals surface area contributed by atoms with Crippen LogP contribution >= 0.6 is 0 Å². The molecule has 0 aromatic heterocycles. The maximum absolute atomic E-state index is 12.1. The fourth-order valence-corrected chi connectivity index (χ4v) is 2.33. The first-order chi connectivity index (χ1) is 10.6. The Labute approximate surface area is 131 Å². The molecule has 0 spiro atoms. The Morgan fingerprint density at radius 2 is 2.00 bits per heavy atom. The minimum absolute atomic E-state index is 0.0498. The molecule has 1 aromatic rings. The number of anilines is 1. The van der Waals surface area contributed by atoms with Gasteiger partial charge in [0.1, 0.15) is 0 Å². The van der Waals surface area contributed by atoms with E-state index in [4.69, 9.17) is 0 Å². The van der Waals surface area contributed by atoms with Crippen LogP contribution in [0.3, 0.4) is 0 Å². The molecule has 0 radical (unpaired) electrons. The molecule has 3 N–H and O–H groups in total. The molecular weight excluding hydrogens is 278 g/mol. The van der Waals surface area contributed by atoms with Gasteiger partial charge in [0.15, 0.2) is 0 Å². The molecule has 22 heavy (non-hydrogen) atoms. The zero-order valence-electron chi connectivity index (χ0n) is 13.3. The van der Waals surface area contributed by atoms with E-state index in [1.165, 1.54) is 0 Å². The van der Waals surface area contributed by atoms with Crippen LogP contribution in [0.1, 0.15) is 37.0 Å². The fraction of sp³-hybridized carbons (Fsp3) is 0.529. The smallest absolute Gasteiger partial charge is 0.251 e. The normalized spacial score (nSPS) is 19.5. The first-order valence-electron chi connectivity index (χ1n) is 8.01. The zero-order valence-corrected chi connectivity index (χ0v) is 13.3. The number of nitrogens with one attached hydrogen (secondary N) is 3. The molecule has 120 valence electrons. The lowest BCUT2D eigenvalue weighted by Crippen LogP contribution is -2.32. The molecule has 0 heterocycles. The van der Waals surface area contributed by atoms with Crippen LogP contribution in [0.15, 0.2) is 24.3 Å². The summed E-state index contributed by atoms with van der Waals surface area (Å²) in [4.78, 5) is 24.0. The second-order valence-corrected chi connectivity index (χ2v) is 5.90. The Hall–Kier alpha value is -1.88. The van der Waals surface area contributed by atoms with Gasteiger partial charge in [-0.2, -0.15) is 0 Å². The SMILES string of the molecule is CCCNCCNC(=O)c1cccc(NC(=O)C2CC2C)c1. The molecule has 2 amide bonds. The van der Waals surface area contributed by atoms with Gasteiger partial charge in [-0.1, -0.05) is 19.9 Å². The summed E-state index contributed by atoms with van der Waals surface area (Å²) in [6, 6.07) is 7.07. The number of carbonyl (C=O) groups excluding carboxylic acids is 2. The number of carbonyl (C=O) groups is 2. The van der Waals surface area contributed by atoms with E-state index in [0.717, 1.165) is 25.9 Å². The number of hydrogen-bond donors (Lipinski definition) is 3. The van der Waals surface area contributed by atoms with Crippen LogP contribution in [0.4, 0.5) is 5.69 Å². The lowest BCUT2D eigenvalue weighted by Gasteiger charge is -2.08. The highest BCUT2D eigenvalue weighted by atomic mass is 16.2. The second-order valence-electron chi connectivity index (χ2n) is 5.90. The summed E-state index contributed by atoms with van der Waals surface area (Å²) in [5, 5.41) is 8.98. The highest BCUT2D eigenvalue weighted by Gasteiger charge is 2.39. The van der Waals surface area contributed by atoms with Crippen molar-refractivity contribution >= 4 is 17.5 Å². The third kappa shape index (κ3) is 4.84. The van der Waals surface area contributed by atoms with Gasteiger partial charge < -0.3 is 16.0 Å². The molecule has 2 rings (SSSR count). The van der Waals surface area contributed by atoms with Crippen molar-refractivity contribution in [1.82, 2.24) is 10.6 Å². The molecule has 1 fully saturated rings. The monoisotopic (exact) mass is 303 g/mol. The van der Waals surface area contributed by atoms with E-state index in [9.17, 15) is 9.59 Å². The van der Waals surface area contributed by atoms with Crippen molar-refractivity contribution in [2.45, 2.75) is 26.7 Å². The van der Waals surface area contributed by atoms with E-state index in [1.807, 2.05) is 6.07 Å². The van der Waals surface area contributed by atoms with Crippen molar-refractivity contribution in [2.75, 3.05) is 25.0 Å². The fourth-order valence-electron chi connectivity index (χ4n) is 2.33. The lowest BCUT2D eigenvalue weighted by atomic mass is 10.2. The first-order valence-corrected chi connectivity index (χ1v) is 8.01. The summed E-state index contributed by atoms with van der Waals surface area (Å²) in [6.07, 6.45) is 2.03. The van der Waals surface area contributed by atoms with Crippen LogP contribution < -0.4 is 16.0 Å². The summed E-state index contributed by atoms with van der Waals surface area (Å²) in [5.41, 5.74) is 1.25. The van der Waals surface area contributed by atoms with Crippen molar-refractivity contribution in [2.24, 2.45) is 11.8 Å². The molecule has 1 aliphatic carbocycles. The van der Waals surface area contributed by atoms with Gasteiger partial charge in [-0.05, 0) is 43.5 Å². The average Bonchev–Trinajstić information content (AvgIpc) is 3.24. The number of rotatable bonds is 8. The highest BCUT2D eigenvalue weighted by molar-refractivity contribution is 5.98. The predicted octanol–water partition coefficient (Wildman–Crippen LogP) is 2.01. The van der Waals surface area contributed by atoms with Gasteiger partial charge in [0.25, 0.3) is 5.91 Å². The molecular formula is C17H25N3O2. The molecule has 2 atom stereocenters. The quantitative estimate of drug-likeness (QED) is 0.643. The number of benzene rings is 1. The average molecular weight is 303 g/mol. The van der Waals surface area contributed by atoms with Crippen LogP contribution in [0.5, 0.6) is 0 Å². The van der Waals surface area contributed by atoms with Crippen LogP contribution in [0.25, 0.3) is 0 Å². The standard InChI is InChI=1S/C17H25N3O2/c1-3-7-18-8-9-19-16(21)13-5-4-6-14(11-13)20-17(22)15-10-12(15)2/h4-6,11-12,15,18H,3,7-10H2,1-2H3,(H,19,21)(H,20,22). The van der Waals surface area contributed by atoms with Gasteiger partial charge in [0.2, 0.25) is 5.91 Å². The van der Waals surface area contributed by atoms with Gasteiger partial charge in [0, 0.05) is 30.3 Å². The van der Waals surface area contributed by atoms with E-state index in [0.29, 0.717) is 23.7 Å². The van der Waals surface area contributed by atoms with Gasteiger partial charge in [-0.15, -0.1) is 0 Å². The van der Waals surface area contributed by atoms with Crippen LogP contribution in [0.2, 0.25) is 0 Å². The second kappa shape index (κ2) is 7.94.